The molecule has 16 heavy (non-hydrogen) atoms. The molecule has 0 heterocycles. The van der Waals surface area contributed by atoms with Crippen molar-refractivity contribution in [2.24, 2.45) is 5.92 Å². The SMILES string of the molecule is CCCC(C)CCCCCCCCCCP. The maximum Gasteiger partial charge on any atom is -0.0381 e. The second-order valence-electron chi connectivity index (χ2n) is 5.30. The van der Waals surface area contributed by atoms with E-state index in [9.17, 15) is 0 Å². The van der Waals surface area contributed by atoms with E-state index in [0.717, 1.165) is 5.92 Å². The van der Waals surface area contributed by atoms with Gasteiger partial charge < -0.3 is 0 Å². The number of hydrogen-bond donors (Lipinski definition) is 0. The van der Waals surface area contributed by atoms with Crippen LogP contribution in [0.1, 0.15) is 84.5 Å². The van der Waals surface area contributed by atoms with Gasteiger partial charge in [0.1, 0.15) is 0 Å². The fourth-order valence-corrected chi connectivity index (χ4v) is 2.62. The zero-order valence-electron chi connectivity index (χ0n) is 11.6. The molecular formula is C15H33P. The number of unbranched alkanes of at least 4 members (excludes halogenated alkanes) is 7. The summed E-state index contributed by atoms with van der Waals surface area (Å²) in [5.74, 6) is 0.965. The van der Waals surface area contributed by atoms with Crippen LogP contribution in [-0.4, -0.2) is 6.16 Å². The van der Waals surface area contributed by atoms with E-state index >= 15 is 0 Å². The first-order valence-electron chi connectivity index (χ1n) is 7.51. The molecule has 0 amide bonds. The summed E-state index contributed by atoms with van der Waals surface area (Å²) in [6, 6.07) is 0. The Morgan fingerprint density at radius 1 is 0.750 bits per heavy atom. The average molecular weight is 244 g/mol. The molecule has 0 nitrogen and oxygen atoms in total. The minimum Gasteiger partial charge on any atom is -0.138 e. The highest BCUT2D eigenvalue weighted by Gasteiger charge is 1.99. The summed E-state index contributed by atoms with van der Waals surface area (Å²) in [6.45, 7) is 4.71. The van der Waals surface area contributed by atoms with Gasteiger partial charge in [-0.2, -0.15) is 0 Å². The monoisotopic (exact) mass is 244 g/mol. The normalized spacial score (nSPS) is 12.9. The molecule has 0 N–H and O–H groups in total. The van der Waals surface area contributed by atoms with Gasteiger partial charge in [-0.3, -0.25) is 0 Å². The van der Waals surface area contributed by atoms with Gasteiger partial charge in [0.25, 0.3) is 0 Å². The van der Waals surface area contributed by atoms with Crippen molar-refractivity contribution in [2.75, 3.05) is 6.16 Å². The van der Waals surface area contributed by atoms with Crippen LogP contribution in [0.25, 0.3) is 0 Å². The third-order valence-electron chi connectivity index (χ3n) is 3.43. The first kappa shape index (κ1) is 16.4. The Bertz CT molecular complexity index is 123. The number of rotatable bonds is 12. The molecule has 1 heteroatoms. The molecule has 0 aromatic rings. The molecule has 0 radical (unpaired) electrons. The predicted octanol–water partition coefficient (Wildman–Crippen LogP) is 5.81. The molecule has 0 aliphatic carbocycles. The van der Waals surface area contributed by atoms with E-state index in [0.29, 0.717) is 0 Å². The van der Waals surface area contributed by atoms with E-state index < -0.39 is 0 Å². The molecule has 0 aromatic heterocycles. The third-order valence-corrected chi connectivity index (χ3v) is 3.84. The lowest BCUT2D eigenvalue weighted by atomic mass is 9.98. The van der Waals surface area contributed by atoms with Crippen molar-refractivity contribution >= 4 is 9.24 Å². The van der Waals surface area contributed by atoms with Crippen molar-refractivity contribution in [2.45, 2.75) is 84.5 Å². The van der Waals surface area contributed by atoms with Gasteiger partial charge in [-0.15, -0.1) is 9.24 Å². The lowest BCUT2D eigenvalue weighted by Crippen LogP contribution is -1.93. The van der Waals surface area contributed by atoms with Crippen molar-refractivity contribution < 1.29 is 0 Å². The van der Waals surface area contributed by atoms with Crippen LogP contribution in [0.15, 0.2) is 0 Å². The minimum atomic E-state index is 0.965. The second kappa shape index (κ2) is 13.5. The molecule has 0 rings (SSSR count). The Morgan fingerprint density at radius 3 is 1.75 bits per heavy atom. The van der Waals surface area contributed by atoms with E-state index in [4.69, 9.17) is 0 Å². The van der Waals surface area contributed by atoms with Gasteiger partial charge in [-0.25, -0.2) is 0 Å². The molecule has 0 fully saturated rings. The second-order valence-corrected chi connectivity index (χ2v) is 5.88. The summed E-state index contributed by atoms with van der Waals surface area (Å²) < 4.78 is 0. The van der Waals surface area contributed by atoms with Crippen molar-refractivity contribution in [1.29, 1.82) is 0 Å². The lowest BCUT2D eigenvalue weighted by molar-refractivity contribution is 0.450. The molecule has 2 unspecified atom stereocenters. The Morgan fingerprint density at radius 2 is 1.25 bits per heavy atom. The number of hydrogen-bond acceptors (Lipinski definition) is 0. The van der Waals surface area contributed by atoms with E-state index in [-0.39, 0.29) is 0 Å². The van der Waals surface area contributed by atoms with Gasteiger partial charge >= 0.3 is 0 Å². The quantitative estimate of drug-likeness (QED) is 0.300. The zero-order chi connectivity index (χ0) is 12.1. The van der Waals surface area contributed by atoms with Gasteiger partial charge in [0, 0.05) is 0 Å². The molecular weight excluding hydrogens is 211 g/mol. The molecule has 0 aliphatic heterocycles. The standard InChI is InChI=1S/C15H33P/c1-3-12-15(2)13-10-8-6-4-5-7-9-11-14-16/h15H,3-14,16H2,1-2H3. The van der Waals surface area contributed by atoms with Crippen LogP contribution in [-0.2, 0) is 0 Å². The van der Waals surface area contributed by atoms with Crippen molar-refractivity contribution in [1.82, 2.24) is 0 Å². The highest BCUT2D eigenvalue weighted by atomic mass is 31.0. The molecule has 0 aliphatic rings. The van der Waals surface area contributed by atoms with Crippen molar-refractivity contribution in [3.63, 3.8) is 0 Å². The zero-order valence-corrected chi connectivity index (χ0v) is 12.8. The smallest absolute Gasteiger partial charge is 0.0381 e. The van der Waals surface area contributed by atoms with Crippen LogP contribution >= 0.6 is 9.24 Å². The van der Waals surface area contributed by atoms with Crippen LogP contribution in [0.2, 0.25) is 0 Å². The first-order valence-corrected chi connectivity index (χ1v) is 8.33. The van der Waals surface area contributed by atoms with Crippen LogP contribution < -0.4 is 0 Å². The molecule has 98 valence electrons. The van der Waals surface area contributed by atoms with Gasteiger partial charge in [0.05, 0.1) is 0 Å². The van der Waals surface area contributed by atoms with Crippen LogP contribution in [0.3, 0.4) is 0 Å². The van der Waals surface area contributed by atoms with Crippen molar-refractivity contribution in [3.05, 3.63) is 0 Å². The molecule has 0 saturated carbocycles. The predicted molar refractivity (Wildman–Crippen MR) is 80.2 cm³/mol. The van der Waals surface area contributed by atoms with Crippen LogP contribution in [0, 0.1) is 5.92 Å². The molecule has 2 atom stereocenters. The Kier molecular flexibility index (Phi) is 13.9. The first-order chi connectivity index (χ1) is 7.81. The summed E-state index contributed by atoms with van der Waals surface area (Å²) in [6.07, 6.45) is 17.2. The summed E-state index contributed by atoms with van der Waals surface area (Å²) in [7, 11) is 2.82. The van der Waals surface area contributed by atoms with Crippen molar-refractivity contribution in [3.8, 4) is 0 Å². The van der Waals surface area contributed by atoms with E-state index in [1.165, 1.54) is 76.8 Å². The molecule has 0 spiro atoms. The molecule has 0 saturated heterocycles. The largest absolute Gasteiger partial charge is 0.138 e. The van der Waals surface area contributed by atoms with Crippen LogP contribution in [0.5, 0.6) is 0 Å². The average Bonchev–Trinajstić information content (AvgIpc) is 2.27. The van der Waals surface area contributed by atoms with Gasteiger partial charge in [0.15, 0.2) is 0 Å². The van der Waals surface area contributed by atoms with E-state index in [1.54, 1.807) is 0 Å². The van der Waals surface area contributed by atoms with E-state index in [2.05, 4.69) is 23.1 Å². The fraction of sp³-hybridized carbons (Fsp3) is 1.00. The minimum absolute atomic E-state index is 0.965. The molecule has 0 aromatic carbocycles. The Hall–Kier alpha value is 0.430. The maximum absolute atomic E-state index is 2.82. The Labute approximate surface area is 106 Å². The highest BCUT2D eigenvalue weighted by molar-refractivity contribution is 7.16. The highest BCUT2D eigenvalue weighted by Crippen LogP contribution is 2.16. The summed E-state index contributed by atoms with van der Waals surface area (Å²) >= 11 is 0. The summed E-state index contributed by atoms with van der Waals surface area (Å²) in [5.41, 5.74) is 0. The fourth-order valence-electron chi connectivity index (χ4n) is 2.33. The van der Waals surface area contributed by atoms with Crippen LogP contribution in [0.4, 0.5) is 0 Å². The van der Waals surface area contributed by atoms with Gasteiger partial charge in [0.2, 0.25) is 0 Å². The summed E-state index contributed by atoms with van der Waals surface area (Å²) in [4.78, 5) is 0. The van der Waals surface area contributed by atoms with Gasteiger partial charge in [-0.05, 0) is 18.5 Å². The van der Waals surface area contributed by atoms with Gasteiger partial charge in [-0.1, -0.05) is 78.1 Å². The maximum atomic E-state index is 2.82. The van der Waals surface area contributed by atoms with E-state index in [1.807, 2.05) is 0 Å². The Balaban J connectivity index is 2.98. The summed E-state index contributed by atoms with van der Waals surface area (Å²) in [5, 5.41) is 0. The third kappa shape index (κ3) is 12.5. The molecule has 0 bridgehead atoms. The topological polar surface area (TPSA) is 0 Å². The lowest BCUT2D eigenvalue weighted by Gasteiger charge is -2.09.